The quantitative estimate of drug-likeness (QED) is 0.342. The lowest BCUT2D eigenvalue weighted by atomic mass is 10.2. The van der Waals surface area contributed by atoms with E-state index in [0.717, 1.165) is 16.9 Å². The summed E-state index contributed by atoms with van der Waals surface area (Å²) in [7, 11) is 1.52. The van der Waals surface area contributed by atoms with Crippen LogP contribution in [0.25, 0.3) is 11.2 Å². The third kappa shape index (κ3) is 4.29. The Kier molecular flexibility index (Phi) is 5.84. The van der Waals surface area contributed by atoms with Gasteiger partial charge in [0.05, 0.1) is 19.4 Å². The molecule has 0 bridgehead atoms. The first-order valence-electron chi connectivity index (χ1n) is 9.92. The van der Waals surface area contributed by atoms with Crippen LogP contribution in [0, 0.1) is 5.82 Å². The lowest BCUT2D eigenvalue weighted by Crippen LogP contribution is -2.29. The second kappa shape index (κ2) is 8.88. The number of benzene rings is 2. The van der Waals surface area contributed by atoms with Crippen molar-refractivity contribution in [2.24, 2.45) is 12.1 Å². The number of nitrogens with zero attached hydrogens (tertiary/aromatic N) is 4. The molecule has 0 amide bonds. The molecule has 4 rings (SSSR count). The minimum atomic E-state index is -0.571. The zero-order valence-electron chi connectivity index (χ0n) is 17.5. The van der Waals surface area contributed by atoms with Crippen molar-refractivity contribution in [2.75, 3.05) is 12.0 Å². The Bertz CT molecular complexity index is 1380. The number of hydrogen-bond acceptors (Lipinski definition) is 6. The number of rotatable bonds is 7. The maximum Gasteiger partial charge on any atom is 0.329 e. The highest BCUT2D eigenvalue weighted by atomic mass is 19.1. The summed E-state index contributed by atoms with van der Waals surface area (Å²) < 4.78 is 21.6. The number of hydrazone groups is 1. The molecule has 10 heteroatoms. The highest BCUT2D eigenvalue weighted by Gasteiger charge is 2.17. The van der Waals surface area contributed by atoms with Gasteiger partial charge in [-0.3, -0.25) is 18.9 Å². The van der Waals surface area contributed by atoms with Gasteiger partial charge in [-0.15, -0.1) is 0 Å². The molecule has 9 nitrogen and oxygen atoms in total. The van der Waals surface area contributed by atoms with E-state index < -0.39 is 11.2 Å². The molecular weight excluding hydrogens is 415 g/mol. The van der Waals surface area contributed by atoms with Gasteiger partial charge in [-0.25, -0.2) is 14.6 Å². The van der Waals surface area contributed by atoms with Crippen molar-refractivity contribution >= 4 is 23.3 Å². The number of fused-ring (bicyclic) bond motifs is 1. The molecule has 4 aromatic rings. The van der Waals surface area contributed by atoms with Crippen LogP contribution in [0.2, 0.25) is 0 Å². The fraction of sp³-hybridized carbons (Fsp3) is 0.182. The van der Waals surface area contributed by atoms with E-state index in [1.807, 2.05) is 31.2 Å². The summed E-state index contributed by atoms with van der Waals surface area (Å²) in [4.78, 5) is 31.2. The molecular formula is C22H21FN6O3. The Hall–Kier alpha value is -4.21. The third-order valence-corrected chi connectivity index (χ3v) is 4.83. The molecule has 2 aromatic heterocycles. The maximum absolute atomic E-state index is 13.3. The summed E-state index contributed by atoms with van der Waals surface area (Å²) >= 11 is 0. The number of aromatic nitrogens is 4. The van der Waals surface area contributed by atoms with Crippen molar-refractivity contribution in [1.29, 1.82) is 0 Å². The van der Waals surface area contributed by atoms with Gasteiger partial charge < -0.3 is 4.74 Å². The van der Waals surface area contributed by atoms with Crippen molar-refractivity contribution in [3.8, 4) is 5.75 Å². The molecule has 164 valence electrons. The van der Waals surface area contributed by atoms with E-state index in [0.29, 0.717) is 6.61 Å². The monoisotopic (exact) mass is 436 g/mol. The fourth-order valence-electron chi connectivity index (χ4n) is 3.23. The van der Waals surface area contributed by atoms with Crippen LogP contribution in [0.15, 0.2) is 63.2 Å². The first kappa shape index (κ1) is 21.0. The lowest BCUT2D eigenvalue weighted by Gasteiger charge is -2.08. The second-order valence-corrected chi connectivity index (χ2v) is 7.01. The molecule has 0 fully saturated rings. The molecule has 0 aliphatic rings. The molecule has 0 saturated carbocycles. The standard InChI is InChI=1S/C22H21FN6O3/c1-3-32-17-10-6-14(7-11-17)12-24-27-21-25-19-18(20(30)26-22(31)28(19)2)29(21)13-15-4-8-16(23)9-5-15/h4-12H,3,13H2,1-2H3,(H,25,27)(H,26,30,31)/b24-12+. The van der Waals surface area contributed by atoms with Gasteiger partial charge in [0.15, 0.2) is 11.2 Å². The highest BCUT2D eigenvalue weighted by Crippen LogP contribution is 2.18. The SMILES string of the molecule is CCOc1ccc(/C=N/Nc2nc3c(c(=O)[nH]c(=O)n3C)n2Cc2ccc(F)cc2)cc1. The smallest absolute Gasteiger partial charge is 0.329 e. The van der Waals surface area contributed by atoms with Crippen molar-refractivity contribution in [1.82, 2.24) is 19.1 Å². The summed E-state index contributed by atoms with van der Waals surface area (Å²) in [6, 6.07) is 13.3. The van der Waals surface area contributed by atoms with E-state index in [4.69, 9.17) is 4.74 Å². The van der Waals surface area contributed by atoms with E-state index in [2.05, 4.69) is 20.5 Å². The number of nitrogens with one attached hydrogen (secondary N) is 2. The Morgan fingerprint density at radius 3 is 2.56 bits per heavy atom. The lowest BCUT2D eigenvalue weighted by molar-refractivity contribution is 0.340. The van der Waals surface area contributed by atoms with Crippen LogP contribution in [-0.4, -0.2) is 31.9 Å². The summed E-state index contributed by atoms with van der Waals surface area (Å²) in [5.41, 5.74) is 3.69. The molecule has 0 radical (unpaired) electrons. The summed E-state index contributed by atoms with van der Waals surface area (Å²) in [6.45, 7) is 2.72. The van der Waals surface area contributed by atoms with Gasteiger partial charge in [0.2, 0.25) is 5.95 Å². The first-order valence-corrected chi connectivity index (χ1v) is 9.92. The Morgan fingerprint density at radius 2 is 1.88 bits per heavy atom. The van der Waals surface area contributed by atoms with Gasteiger partial charge in [-0.05, 0) is 54.4 Å². The first-order chi connectivity index (χ1) is 15.5. The van der Waals surface area contributed by atoms with Crippen LogP contribution in [0.5, 0.6) is 5.75 Å². The highest BCUT2D eigenvalue weighted by molar-refractivity contribution is 5.80. The number of anilines is 1. The molecule has 0 unspecified atom stereocenters. The number of hydrogen-bond donors (Lipinski definition) is 2. The van der Waals surface area contributed by atoms with Crippen LogP contribution in [0.1, 0.15) is 18.1 Å². The van der Waals surface area contributed by atoms with E-state index in [9.17, 15) is 14.0 Å². The number of H-pyrrole nitrogens is 1. The molecule has 0 saturated heterocycles. The molecule has 2 N–H and O–H groups in total. The number of halogens is 1. The summed E-state index contributed by atoms with van der Waals surface area (Å²) in [6.07, 6.45) is 1.60. The van der Waals surface area contributed by atoms with Gasteiger partial charge in [0.25, 0.3) is 5.56 Å². The van der Waals surface area contributed by atoms with Crippen LogP contribution >= 0.6 is 0 Å². The van der Waals surface area contributed by atoms with Gasteiger partial charge in [0, 0.05) is 7.05 Å². The van der Waals surface area contributed by atoms with Gasteiger partial charge in [-0.2, -0.15) is 10.1 Å². The molecule has 0 aliphatic heterocycles. The number of imidazole rings is 1. The Balaban J connectivity index is 1.70. The Morgan fingerprint density at radius 1 is 1.16 bits per heavy atom. The number of aromatic amines is 1. The van der Waals surface area contributed by atoms with E-state index in [-0.39, 0.29) is 29.5 Å². The zero-order valence-corrected chi connectivity index (χ0v) is 17.5. The van der Waals surface area contributed by atoms with Gasteiger partial charge in [-0.1, -0.05) is 12.1 Å². The molecule has 0 spiro atoms. The zero-order chi connectivity index (χ0) is 22.7. The average Bonchev–Trinajstić information content (AvgIpc) is 3.14. The fourth-order valence-corrected chi connectivity index (χ4v) is 3.23. The predicted octanol–water partition coefficient (Wildman–Crippen LogP) is 2.46. The summed E-state index contributed by atoms with van der Waals surface area (Å²) in [5, 5.41) is 4.22. The van der Waals surface area contributed by atoms with Crippen molar-refractivity contribution in [3.63, 3.8) is 0 Å². The number of aryl methyl sites for hydroxylation is 1. The molecule has 0 aliphatic carbocycles. The van der Waals surface area contributed by atoms with Gasteiger partial charge >= 0.3 is 5.69 Å². The van der Waals surface area contributed by atoms with Crippen molar-refractivity contribution in [2.45, 2.75) is 13.5 Å². The average molecular weight is 436 g/mol. The van der Waals surface area contributed by atoms with Crippen LogP contribution < -0.4 is 21.4 Å². The van der Waals surface area contributed by atoms with Crippen molar-refractivity contribution in [3.05, 3.63) is 86.3 Å². The van der Waals surface area contributed by atoms with Crippen molar-refractivity contribution < 1.29 is 9.13 Å². The maximum atomic E-state index is 13.3. The normalized spacial score (nSPS) is 11.3. The van der Waals surface area contributed by atoms with Crippen LogP contribution in [0.3, 0.4) is 0 Å². The van der Waals surface area contributed by atoms with E-state index >= 15 is 0 Å². The van der Waals surface area contributed by atoms with Crippen LogP contribution in [0.4, 0.5) is 10.3 Å². The predicted molar refractivity (Wildman–Crippen MR) is 120 cm³/mol. The molecule has 0 atom stereocenters. The molecule has 2 heterocycles. The van der Waals surface area contributed by atoms with Crippen LogP contribution in [-0.2, 0) is 13.6 Å². The minimum absolute atomic E-state index is 0.204. The van der Waals surface area contributed by atoms with E-state index in [1.165, 1.54) is 23.7 Å². The summed E-state index contributed by atoms with van der Waals surface area (Å²) in [5.74, 6) is 0.667. The molecule has 32 heavy (non-hydrogen) atoms. The second-order valence-electron chi connectivity index (χ2n) is 7.01. The largest absolute Gasteiger partial charge is 0.494 e. The molecule has 2 aromatic carbocycles. The van der Waals surface area contributed by atoms with E-state index in [1.54, 1.807) is 22.9 Å². The number of ether oxygens (including phenoxy) is 1. The third-order valence-electron chi connectivity index (χ3n) is 4.83. The Labute approximate surface area is 181 Å². The topological polar surface area (TPSA) is 106 Å². The minimum Gasteiger partial charge on any atom is -0.494 e. The van der Waals surface area contributed by atoms with Gasteiger partial charge in [0.1, 0.15) is 11.6 Å².